The van der Waals surface area contributed by atoms with Crippen molar-refractivity contribution in [2.75, 3.05) is 18.5 Å². The zero-order valence-corrected chi connectivity index (χ0v) is 11.9. The Morgan fingerprint density at radius 1 is 1.10 bits per heavy atom. The van der Waals surface area contributed by atoms with Crippen molar-refractivity contribution in [1.82, 2.24) is 0 Å². The molecule has 0 saturated carbocycles. The van der Waals surface area contributed by atoms with E-state index in [1.165, 1.54) is 6.07 Å². The second-order valence-corrected chi connectivity index (χ2v) is 3.88. The number of rotatable bonds is 6. The van der Waals surface area contributed by atoms with Gasteiger partial charge >= 0.3 is 11.9 Å². The average molecular weight is 291 g/mol. The number of hydrogen-bond acceptors (Lipinski definition) is 5. The minimum atomic E-state index is -0.590. The molecule has 1 rings (SSSR count). The molecule has 1 N–H and O–H groups in total. The number of anilines is 1. The van der Waals surface area contributed by atoms with Crippen molar-refractivity contribution in [1.29, 1.82) is 0 Å². The van der Waals surface area contributed by atoms with Crippen LogP contribution in [0.1, 0.15) is 24.2 Å². The summed E-state index contributed by atoms with van der Waals surface area (Å²) in [4.78, 5) is 34.2. The Morgan fingerprint density at radius 2 is 1.81 bits per heavy atom. The van der Waals surface area contributed by atoms with E-state index < -0.39 is 17.8 Å². The monoisotopic (exact) mass is 291 g/mol. The van der Waals surface area contributed by atoms with Crippen molar-refractivity contribution in [3.8, 4) is 0 Å². The van der Waals surface area contributed by atoms with Crippen LogP contribution in [0, 0.1) is 0 Å². The summed E-state index contributed by atoms with van der Waals surface area (Å²) < 4.78 is 9.52. The molecule has 0 aliphatic rings. The topological polar surface area (TPSA) is 81.7 Å². The molecule has 0 spiro atoms. The van der Waals surface area contributed by atoms with Crippen LogP contribution in [-0.2, 0) is 19.1 Å². The standard InChI is InChI=1S/C15H17NO5/c1-3-20-14(18)9-8-13(17)16-12-7-5-6-11(10-12)15(19)21-4-2/h5-10H,3-4H2,1-2H3,(H,16,17)/b9-8+. The van der Waals surface area contributed by atoms with Crippen molar-refractivity contribution in [3.63, 3.8) is 0 Å². The highest BCUT2D eigenvalue weighted by molar-refractivity contribution is 6.03. The lowest BCUT2D eigenvalue weighted by molar-refractivity contribution is -0.137. The van der Waals surface area contributed by atoms with Crippen molar-refractivity contribution in [2.45, 2.75) is 13.8 Å². The normalized spacial score (nSPS) is 10.2. The Balaban J connectivity index is 2.66. The first kappa shape index (κ1) is 16.4. The summed E-state index contributed by atoms with van der Waals surface area (Å²) in [7, 11) is 0. The summed E-state index contributed by atoms with van der Waals surface area (Å²) in [6, 6.07) is 6.33. The van der Waals surface area contributed by atoms with Crippen molar-refractivity contribution < 1.29 is 23.9 Å². The smallest absolute Gasteiger partial charge is 0.338 e. The molecule has 0 fully saturated rings. The second kappa shape index (κ2) is 8.52. The van der Waals surface area contributed by atoms with Gasteiger partial charge in [0.05, 0.1) is 18.8 Å². The van der Waals surface area contributed by atoms with E-state index in [1.807, 2.05) is 0 Å². The lowest BCUT2D eigenvalue weighted by Gasteiger charge is -2.05. The molecule has 6 heteroatoms. The third-order valence-electron chi connectivity index (χ3n) is 2.30. The minimum Gasteiger partial charge on any atom is -0.463 e. The summed E-state index contributed by atoms with van der Waals surface area (Å²) in [5, 5.41) is 2.54. The highest BCUT2D eigenvalue weighted by Crippen LogP contribution is 2.11. The predicted octanol–water partition coefficient (Wildman–Crippen LogP) is 1.92. The van der Waals surface area contributed by atoms with E-state index in [2.05, 4.69) is 10.1 Å². The molecule has 0 aliphatic heterocycles. The number of amides is 1. The molecule has 0 atom stereocenters. The van der Waals surface area contributed by atoms with E-state index in [9.17, 15) is 14.4 Å². The van der Waals surface area contributed by atoms with Crippen LogP contribution in [0.25, 0.3) is 0 Å². The molecule has 0 saturated heterocycles. The Morgan fingerprint density at radius 3 is 2.48 bits per heavy atom. The van der Waals surface area contributed by atoms with Gasteiger partial charge in [-0.15, -0.1) is 0 Å². The molecule has 0 aliphatic carbocycles. The van der Waals surface area contributed by atoms with E-state index in [4.69, 9.17) is 4.74 Å². The maximum absolute atomic E-state index is 11.6. The summed E-state index contributed by atoms with van der Waals surface area (Å²) in [6.45, 7) is 3.90. The summed E-state index contributed by atoms with van der Waals surface area (Å²) in [5.41, 5.74) is 0.767. The van der Waals surface area contributed by atoms with Gasteiger partial charge in [0.1, 0.15) is 0 Å². The maximum atomic E-state index is 11.6. The van der Waals surface area contributed by atoms with Crippen LogP contribution in [0.5, 0.6) is 0 Å². The van der Waals surface area contributed by atoms with Gasteiger partial charge in [-0.05, 0) is 32.0 Å². The van der Waals surface area contributed by atoms with Gasteiger partial charge in [-0.25, -0.2) is 9.59 Å². The van der Waals surface area contributed by atoms with Crippen LogP contribution in [0.4, 0.5) is 5.69 Å². The Kier molecular flexibility index (Phi) is 6.67. The predicted molar refractivity (Wildman–Crippen MR) is 76.8 cm³/mol. The molecular formula is C15H17NO5. The molecule has 21 heavy (non-hydrogen) atoms. The number of esters is 2. The summed E-state index contributed by atoms with van der Waals surface area (Å²) in [5.74, 6) is -1.55. The molecule has 1 aromatic carbocycles. The van der Waals surface area contributed by atoms with Crippen LogP contribution < -0.4 is 5.32 Å². The maximum Gasteiger partial charge on any atom is 0.338 e. The van der Waals surface area contributed by atoms with Crippen molar-refractivity contribution >= 4 is 23.5 Å². The first-order valence-corrected chi connectivity index (χ1v) is 6.49. The molecule has 1 amide bonds. The van der Waals surface area contributed by atoms with Crippen LogP contribution in [-0.4, -0.2) is 31.1 Å². The summed E-state index contributed by atoms with van der Waals surface area (Å²) in [6.07, 6.45) is 2.10. The Labute approximate surface area is 122 Å². The number of benzene rings is 1. The fraction of sp³-hybridized carbons (Fsp3) is 0.267. The zero-order chi connectivity index (χ0) is 15.7. The van der Waals surface area contributed by atoms with E-state index in [0.29, 0.717) is 11.3 Å². The number of carbonyl (C=O) groups excluding carboxylic acids is 3. The van der Waals surface area contributed by atoms with Gasteiger partial charge in [0.2, 0.25) is 5.91 Å². The largest absolute Gasteiger partial charge is 0.463 e. The summed E-state index contributed by atoms with van der Waals surface area (Å²) >= 11 is 0. The van der Waals surface area contributed by atoms with Crippen molar-refractivity contribution in [3.05, 3.63) is 42.0 Å². The second-order valence-electron chi connectivity index (χ2n) is 3.88. The molecule has 112 valence electrons. The van der Waals surface area contributed by atoms with Gasteiger partial charge in [-0.1, -0.05) is 6.07 Å². The fourth-order valence-electron chi connectivity index (χ4n) is 1.46. The molecule has 0 radical (unpaired) electrons. The van der Waals surface area contributed by atoms with E-state index in [1.54, 1.807) is 32.0 Å². The quantitative estimate of drug-likeness (QED) is 0.639. The minimum absolute atomic E-state index is 0.242. The molecule has 1 aromatic rings. The van der Waals surface area contributed by atoms with Gasteiger partial charge in [-0.3, -0.25) is 4.79 Å². The van der Waals surface area contributed by atoms with E-state index >= 15 is 0 Å². The molecule has 0 aromatic heterocycles. The number of carbonyl (C=O) groups is 3. The highest BCUT2D eigenvalue weighted by atomic mass is 16.5. The third-order valence-corrected chi connectivity index (χ3v) is 2.30. The zero-order valence-electron chi connectivity index (χ0n) is 11.9. The number of nitrogens with one attached hydrogen (secondary N) is 1. The Bertz CT molecular complexity index is 551. The van der Waals surface area contributed by atoms with Crippen LogP contribution in [0.15, 0.2) is 36.4 Å². The van der Waals surface area contributed by atoms with Gasteiger partial charge in [-0.2, -0.15) is 0 Å². The SMILES string of the molecule is CCOC(=O)/C=C/C(=O)Nc1cccc(C(=O)OCC)c1. The van der Waals surface area contributed by atoms with Crippen LogP contribution in [0.3, 0.4) is 0 Å². The molecule has 0 unspecified atom stereocenters. The van der Waals surface area contributed by atoms with Crippen LogP contribution >= 0.6 is 0 Å². The molecular weight excluding hydrogens is 274 g/mol. The van der Waals surface area contributed by atoms with Gasteiger partial charge in [0.25, 0.3) is 0 Å². The lowest BCUT2D eigenvalue weighted by Crippen LogP contribution is -2.11. The average Bonchev–Trinajstić information content (AvgIpc) is 2.46. The van der Waals surface area contributed by atoms with E-state index in [-0.39, 0.29) is 13.2 Å². The molecule has 0 bridgehead atoms. The van der Waals surface area contributed by atoms with Gasteiger partial charge < -0.3 is 14.8 Å². The molecule has 0 heterocycles. The molecule has 6 nitrogen and oxygen atoms in total. The lowest BCUT2D eigenvalue weighted by atomic mass is 10.2. The Hall–Kier alpha value is -2.63. The van der Waals surface area contributed by atoms with Gasteiger partial charge in [0.15, 0.2) is 0 Å². The first-order valence-electron chi connectivity index (χ1n) is 6.49. The van der Waals surface area contributed by atoms with Crippen LogP contribution in [0.2, 0.25) is 0 Å². The highest BCUT2D eigenvalue weighted by Gasteiger charge is 2.07. The van der Waals surface area contributed by atoms with Crippen molar-refractivity contribution in [2.24, 2.45) is 0 Å². The van der Waals surface area contributed by atoms with E-state index in [0.717, 1.165) is 12.2 Å². The van der Waals surface area contributed by atoms with Gasteiger partial charge in [0, 0.05) is 17.8 Å². The fourth-order valence-corrected chi connectivity index (χ4v) is 1.46. The number of ether oxygens (including phenoxy) is 2. The number of hydrogen-bond donors (Lipinski definition) is 1. The third kappa shape index (κ3) is 5.90. The first-order chi connectivity index (χ1) is 10.1.